The highest BCUT2D eigenvalue weighted by atomic mass is 16.5. The van der Waals surface area contributed by atoms with Crippen molar-refractivity contribution in [2.75, 3.05) is 19.8 Å². The molecular weight excluding hydrogens is 180 g/mol. The Bertz CT molecular complexity index is 149. The number of ether oxygens (including phenoxy) is 2. The molecule has 0 saturated carbocycles. The van der Waals surface area contributed by atoms with Gasteiger partial charge in [-0.2, -0.15) is 0 Å². The Labute approximate surface area is 86.1 Å². The van der Waals surface area contributed by atoms with Crippen LogP contribution in [-0.4, -0.2) is 32.0 Å². The van der Waals surface area contributed by atoms with Gasteiger partial charge in [-0.25, -0.2) is 0 Å². The highest BCUT2D eigenvalue weighted by Crippen LogP contribution is 2.21. The van der Waals surface area contributed by atoms with Crippen LogP contribution in [0.3, 0.4) is 0 Å². The molecule has 2 unspecified atom stereocenters. The largest absolute Gasteiger partial charge is 0.381 e. The second-order valence-electron chi connectivity index (χ2n) is 3.80. The number of hydrogen-bond acceptors (Lipinski definition) is 4. The molecule has 1 fully saturated rings. The fourth-order valence-corrected chi connectivity index (χ4v) is 2.10. The van der Waals surface area contributed by atoms with Crippen LogP contribution >= 0.6 is 0 Å². The van der Waals surface area contributed by atoms with Crippen molar-refractivity contribution in [1.82, 2.24) is 5.43 Å². The van der Waals surface area contributed by atoms with E-state index in [-0.39, 0.29) is 12.1 Å². The van der Waals surface area contributed by atoms with Crippen LogP contribution in [0.15, 0.2) is 0 Å². The predicted octanol–water partition coefficient (Wildman–Crippen LogP) is 0.670. The quantitative estimate of drug-likeness (QED) is 0.508. The Morgan fingerprint density at radius 3 is 2.64 bits per heavy atom. The Morgan fingerprint density at radius 2 is 2.14 bits per heavy atom. The molecule has 4 heteroatoms. The molecule has 0 aromatic rings. The second kappa shape index (κ2) is 6.35. The van der Waals surface area contributed by atoms with Crippen molar-refractivity contribution >= 4 is 0 Å². The first-order valence-electron chi connectivity index (χ1n) is 5.45. The summed E-state index contributed by atoms with van der Waals surface area (Å²) in [6, 6.07) is 0.249. The standard InChI is InChI=1S/C10H22N2O2/c1-3-14-8(2)10(12-11)9-4-6-13-7-5-9/h8-10,12H,3-7,11H2,1-2H3. The van der Waals surface area contributed by atoms with E-state index in [0.29, 0.717) is 5.92 Å². The lowest BCUT2D eigenvalue weighted by Crippen LogP contribution is -2.50. The third kappa shape index (κ3) is 3.20. The van der Waals surface area contributed by atoms with Crippen LogP contribution in [-0.2, 0) is 9.47 Å². The molecule has 1 aliphatic heterocycles. The lowest BCUT2D eigenvalue weighted by molar-refractivity contribution is -0.00406. The first-order valence-corrected chi connectivity index (χ1v) is 5.45. The normalized spacial score (nSPS) is 23.4. The molecule has 1 saturated heterocycles. The van der Waals surface area contributed by atoms with E-state index in [9.17, 15) is 0 Å². The van der Waals surface area contributed by atoms with Gasteiger partial charge in [0.15, 0.2) is 0 Å². The maximum Gasteiger partial charge on any atom is 0.0715 e. The van der Waals surface area contributed by atoms with E-state index in [1.807, 2.05) is 6.92 Å². The van der Waals surface area contributed by atoms with Gasteiger partial charge < -0.3 is 9.47 Å². The number of nitrogens with two attached hydrogens (primary N) is 1. The van der Waals surface area contributed by atoms with Crippen LogP contribution < -0.4 is 11.3 Å². The summed E-state index contributed by atoms with van der Waals surface area (Å²) in [6.45, 7) is 6.52. The molecule has 2 atom stereocenters. The summed E-state index contributed by atoms with van der Waals surface area (Å²) in [5.41, 5.74) is 2.88. The Kier molecular flexibility index (Phi) is 5.40. The van der Waals surface area contributed by atoms with Gasteiger partial charge in [-0.1, -0.05) is 0 Å². The zero-order chi connectivity index (χ0) is 10.4. The second-order valence-corrected chi connectivity index (χ2v) is 3.80. The maximum absolute atomic E-state index is 5.56. The molecule has 14 heavy (non-hydrogen) atoms. The van der Waals surface area contributed by atoms with E-state index in [4.69, 9.17) is 15.3 Å². The predicted molar refractivity (Wildman–Crippen MR) is 55.7 cm³/mol. The van der Waals surface area contributed by atoms with Gasteiger partial charge in [-0.15, -0.1) is 0 Å². The van der Waals surface area contributed by atoms with E-state index in [2.05, 4.69) is 12.3 Å². The van der Waals surface area contributed by atoms with Crippen LogP contribution in [0.2, 0.25) is 0 Å². The van der Waals surface area contributed by atoms with E-state index in [1.54, 1.807) is 0 Å². The lowest BCUT2D eigenvalue weighted by Gasteiger charge is -2.33. The third-order valence-corrected chi connectivity index (χ3v) is 2.90. The zero-order valence-electron chi connectivity index (χ0n) is 9.16. The van der Waals surface area contributed by atoms with Crippen molar-refractivity contribution in [2.45, 2.75) is 38.8 Å². The summed E-state index contributed by atoms with van der Waals surface area (Å²) >= 11 is 0. The van der Waals surface area contributed by atoms with Gasteiger partial charge in [0.2, 0.25) is 0 Å². The molecule has 1 aliphatic rings. The number of nitrogens with one attached hydrogen (secondary N) is 1. The minimum atomic E-state index is 0.174. The Morgan fingerprint density at radius 1 is 1.50 bits per heavy atom. The fraction of sp³-hybridized carbons (Fsp3) is 1.00. The van der Waals surface area contributed by atoms with E-state index in [1.165, 1.54) is 0 Å². The van der Waals surface area contributed by atoms with Crippen molar-refractivity contribution in [3.05, 3.63) is 0 Å². The minimum absolute atomic E-state index is 0.174. The summed E-state index contributed by atoms with van der Waals surface area (Å²) in [5, 5.41) is 0. The number of hydrazine groups is 1. The fourth-order valence-electron chi connectivity index (χ4n) is 2.10. The molecule has 0 aliphatic carbocycles. The average Bonchev–Trinajstić information content (AvgIpc) is 2.21. The summed E-state index contributed by atoms with van der Waals surface area (Å²) in [7, 11) is 0. The highest BCUT2D eigenvalue weighted by molar-refractivity contribution is 4.81. The summed E-state index contributed by atoms with van der Waals surface area (Å²) in [4.78, 5) is 0. The van der Waals surface area contributed by atoms with Crippen molar-refractivity contribution < 1.29 is 9.47 Å². The first kappa shape index (κ1) is 11.9. The monoisotopic (exact) mass is 202 g/mol. The van der Waals surface area contributed by atoms with Crippen molar-refractivity contribution in [3.63, 3.8) is 0 Å². The van der Waals surface area contributed by atoms with Crippen molar-refractivity contribution in [2.24, 2.45) is 11.8 Å². The molecule has 1 rings (SSSR count). The topological polar surface area (TPSA) is 56.5 Å². The number of hydrogen-bond donors (Lipinski definition) is 2. The van der Waals surface area contributed by atoms with Gasteiger partial charge in [0, 0.05) is 25.9 Å². The van der Waals surface area contributed by atoms with Gasteiger partial charge in [0.1, 0.15) is 0 Å². The lowest BCUT2D eigenvalue weighted by atomic mass is 9.89. The minimum Gasteiger partial charge on any atom is -0.381 e. The van der Waals surface area contributed by atoms with E-state index >= 15 is 0 Å². The SMILES string of the molecule is CCOC(C)C(NN)C1CCOCC1. The Balaban J connectivity index is 2.41. The molecule has 0 aromatic heterocycles. The van der Waals surface area contributed by atoms with Crippen LogP contribution in [0.4, 0.5) is 0 Å². The molecule has 3 N–H and O–H groups in total. The Hall–Kier alpha value is -0.160. The number of rotatable bonds is 5. The van der Waals surface area contributed by atoms with Gasteiger partial charge in [-0.05, 0) is 32.6 Å². The van der Waals surface area contributed by atoms with Gasteiger partial charge in [0.25, 0.3) is 0 Å². The first-order chi connectivity index (χ1) is 6.79. The molecule has 84 valence electrons. The van der Waals surface area contributed by atoms with Crippen molar-refractivity contribution in [1.29, 1.82) is 0 Å². The molecule has 0 amide bonds. The van der Waals surface area contributed by atoms with E-state index < -0.39 is 0 Å². The smallest absolute Gasteiger partial charge is 0.0715 e. The summed E-state index contributed by atoms with van der Waals surface area (Å²) in [5.74, 6) is 6.14. The highest BCUT2D eigenvalue weighted by Gasteiger charge is 2.27. The molecule has 4 nitrogen and oxygen atoms in total. The molecule has 0 bridgehead atoms. The zero-order valence-corrected chi connectivity index (χ0v) is 9.16. The van der Waals surface area contributed by atoms with Crippen molar-refractivity contribution in [3.8, 4) is 0 Å². The third-order valence-electron chi connectivity index (χ3n) is 2.90. The molecule has 0 spiro atoms. The van der Waals surface area contributed by atoms with Crippen LogP contribution in [0.25, 0.3) is 0 Å². The van der Waals surface area contributed by atoms with Crippen LogP contribution in [0.1, 0.15) is 26.7 Å². The molecule has 0 aromatic carbocycles. The van der Waals surface area contributed by atoms with E-state index in [0.717, 1.165) is 32.7 Å². The van der Waals surface area contributed by atoms with Gasteiger partial charge in [-0.3, -0.25) is 11.3 Å². The van der Waals surface area contributed by atoms with Crippen LogP contribution in [0, 0.1) is 5.92 Å². The molecule has 0 radical (unpaired) electrons. The molecular formula is C10H22N2O2. The molecule has 1 heterocycles. The average molecular weight is 202 g/mol. The van der Waals surface area contributed by atoms with Gasteiger partial charge >= 0.3 is 0 Å². The summed E-state index contributed by atoms with van der Waals surface area (Å²) in [6.07, 6.45) is 2.33. The van der Waals surface area contributed by atoms with Crippen LogP contribution in [0.5, 0.6) is 0 Å². The summed E-state index contributed by atoms with van der Waals surface area (Å²) < 4.78 is 10.9. The van der Waals surface area contributed by atoms with Gasteiger partial charge in [0.05, 0.1) is 6.10 Å². The maximum atomic E-state index is 5.56.